The van der Waals surface area contributed by atoms with E-state index < -0.39 is 0 Å². The van der Waals surface area contributed by atoms with Gasteiger partial charge in [0.15, 0.2) is 0 Å². The molecule has 1 aliphatic carbocycles. The van der Waals surface area contributed by atoms with Crippen LogP contribution in [0.3, 0.4) is 0 Å². The second-order valence-electron chi connectivity index (χ2n) is 7.99. The van der Waals surface area contributed by atoms with Crippen LogP contribution in [0.2, 0.25) is 0 Å². The largest absolute Gasteiger partial charge is 0.497 e. The van der Waals surface area contributed by atoms with E-state index in [0.29, 0.717) is 5.92 Å². The minimum absolute atomic E-state index is 0. The molecule has 1 fully saturated rings. The lowest BCUT2D eigenvalue weighted by Crippen LogP contribution is -2.51. The standard InChI is InChI=1S/C26H29NO.ClH/c1-3-27-17-16-26(23-10-7-11-25(18-23)28-2)19-22(14-15-24(26)20-27)13-12-21-8-5-4-6-9-21;/h4-11,14,18,24H,3,15-17,19-20H2,1-2H3;1H/t24-,26+;/m1./s1. The van der Waals surface area contributed by atoms with Crippen LogP contribution < -0.4 is 4.74 Å². The van der Waals surface area contributed by atoms with Crippen LogP contribution in [0.5, 0.6) is 5.75 Å². The van der Waals surface area contributed by atoms with E-state index in [1.807, 2.05) is 24.3 Å². The number of halogens is 1. The van der Waals surface area contributed by atoms with E-state index in [1.165, 1.54) is 24.1 Å². The molecule has 2 aromatic rings. The van der Waals surface area contributed by atoms with Gasteiger partial charge >= 0.3 is 0 Å². The van der Waals surface area contributed by atoms with Gasteiger partial charge in [0.25, 0.3) is 0 Å². The Kier molecular flexibility index (Phi) is 7.06. The molecule has 1 heterocycles. The van der Waals surface area contributed by atoms with Crippen molar-refractivity contribution in [1.82, 2.24) is 4.90 Å². The summed E-state index contributed by atoms with van der Waals surface area (Å²) in [6, 6.07) is 19.0. The molecule has 4 rings (SSSR count). The summed E-state index contributed by atoms with van der Waals surface area (Å²) in [4.78, 5) is 2.59. The second kappa shape index (κ2) is 9.53. The predicted octanol–water partition coefficient (Wildman–Crippen LogP) is 5.47. The summed E-state index contributed by atoms with van der Waals surface area (Å²) in [5.41, 5.74) is 3.95. The monoisotopic (exact) mass is 407 g/mol. The van der Waals surface area contributed by atoms with Crippen molar-refractivity contribution < 1.29 is 4.74 Å². The van der Waals surface area contributed by atoms with E-state index in [2.05, 4.69) is 60.1 Å². The first kappa shape index (κ1) is 21.5. The molecule has 0 spiro atoms. The van der Waals surface area contributed by atoms with Crippen LogP contribution in [0.4, 0.5) is 0 Å². The molecular weight excluding hydrogens is 378 g/mol. The first-order chi connectivity index (χ1) is 13.7. The maximum absolute atomic E-state index is 5.54. The Morgan fingerprint density at radius 1 is 1.10 bits per heavy atom. The Bertz CT molecular complexity index is 911. The summed E-state index contributed by atoms with van der Waals surface area (Å²) in [5, 5.41) is 0. The highest BCUT2D eigenvalue weighted by Gasteiger charge is 2.45. The summed E-state index contributed by atoms with van der Waals surface area (Å²) in [6.07, 6.45) is 5.70. The lowest BCUT2D eigenvalue weighted by Gasteiger charge is -2.50. The van der Waals surface area contributed by atoms with E-state index >= 15 is 0 Å². The number of nitrogens with zero attached hydrogens (tertiary/aromatic N) is 1. The van der Waals surface area contributed by atoms with Crippen molar-refractivity contribution in [1.29, 1.82) is 0 Å². The van der Waals surface area contributed by atoms with Crippen molar-refractivity contribution in [3.8, 4) is 17.6 Å². The number of fused-ring (bicyclic) bond motifs is 1. The average Bonchev–Trinajstić information content (AvgIpc) is 2.77. The fraction of sp³-hybridized carbons (Fsp3) is 0.385. The Labute approximate surface area is 181 Å². The molecule has 1 saturated heterocycles. The Balaban J connectivity index is 0.00000240. The minimum atomic E-state index is 0. The maximum atomic E-state index is 5.54. The number of hydrogen-bond donors (Lipinski definition) is 0. The smallest absolute Gasteiger partial charge is 0.119 e. The topological polar surface area (TPSA) is 12.5 Å². The lowest BCUT2D eigenvalue weighted by molar-refractivity contribution is 0.0895. The van der Waals surface area contributed by atoms with Crippen LogP contribution in [0.1, 0.15) is 37.3 Å². The average molecular weight is 408 g/mol. The van der Waals surface area contributed by atoms with Crippen molar-refractivity contribution in [3.05, 3.63) is 77.4 Å². The number of likely N-dealkylation sites (tertiary alicyclic amines) is 1. The highest BCUT2D eigenvalue weighted by molar-refractivity contribution is 5.85. The molecule has 2 aliphatic rings. The number of rotatable bonds is 3. The molecule has 2 nitrogen and oxygen atoms in total. The summed E-state index contributed by atoms with van der Waals surface area (Å²) in [7, 11) is 1.76. The summed E-state index contributed by atoms with van der Waals surface area (Å²) in [6.45, 7) is 5.73. The molecule has 0 bridgehead atoms. The Morgan fingerprint density at radius 3 is 2.69 bits per heavy atom. The van der Waals surface area contributed by atoms with E-state index in [-0.39, 0.29) is 17.8 Å². The van der Waals surface area contributed by atoms with E-state index in [0.717, 1.165) is 37.2 Å². The van der Waals surface area contributed by atoms with Crippen LogP contribution >= 0.6 is 12.4 Å². The predicted molar refractivity (Wildman–Crippen MR) is 123 cm³/mol. The Morgan fingerprint density at radius 2 is 1.93 bits per heavy atom. The SMILES string of the molecule is CCN1CC[C@@]2(c3cccc(OC)c3)CC(C#Cc3ccccc3)=CC[C@@H]2C1.Cl. The third kappa shape index (κ3) is 4.53. The van der Waals surface area contributed by atoms with Gasteiger partial charge in [-0.2, -0.15) is 0 Å². The number of allylic oxidation sites excluding steroid dienone is 2. The normalized spacial score (nSPS) is 23.7. The number of hydrogen-bond acceptors (Lipinski definition) is 2. The molecule has 0 aromatic heterocycles. The fourth-order valence-electron chi connectivity index (χ4n) is 4.84. The first-order valence-electron chi connectivity index (χ1n) is 10.4. The zero-order valence-corrected chi connectivity index (χ0v) is 18.2. The third-order valence-corrected chi connectivity index (χ3v) is 6.52. The van der Waals surface area contributed by atoms with Gasteiger partial charge in [0.05, 0.1) is 7.11 Å². The van der Waals surface area contributed by atoms with Crippen LogP contribution in [-0.4, -0.2) is 31.6 Å². The molecule has 2 aromatic carbocycles. The van der Waals surface area contributed by atoms with Gasteiger partial charge < -0.3 is 9.64 Å². The van der Waals surface area contributed by atoms with Crippen molar-refractivity contribution in [2.75, 3.05) is 26.7 Å². The van der Waals surface area contributed by atoms with Crippen molar-refractivity contribution in [2.24, 2.45) is 5.92 Å². The number of piperidine rings is 1. The van der Waals surface area contributed by atoms with Crippen molar-refractivity contribution in [3.63, 3.8) is 0 Å². The van der Waals surface area contributed by atoms with Crippen molar-refractivity contribution in [2.45, 2.75) is 31.6 Å². The highest BCUT2D eigenvalue weighted by atomic mass is 35.5. The van der Waals surface area contributed by atoms with Crippen LogP contribution in [0.15, 0.2) is 66.2 Å². The van der Waals surface area contributed by atoms with E-state index in [9.17, 15) is 0 Å². The number of ether oxygens (including phenoxy) is 1. The van der Waals surface area contributed by atoms with Crippen LogP contribution in [0.25, 0.3) is 0 Å². The van der Waals surface area contributed by atoms with Gasteiger partial charge in [0, 0.05) is 17.5 Å². The molecule has 2 atom stereocenters. The summed E-state index contributed by atoms with van der Waals surface area (Å²) in [5.74, 6) is 8.44. The first-order valence-corrected chi connectivity index (χ1v) is 10.4. The van der Waals surface area contributed by atoms with Crippen LogP contribution in [0, 0.1) is 17.8 Å². The minimum Gasteiger partial charge on any atom is -0.497 e. The van der Waals surface area contributed by atoms with Gasteiger partial charge in [-0.25, -0.2) is 0 Å². The highest BCUT2D eigenvalue weighted by Crippen LogP contribution is 2.49. The third-order valence-electron chi connectivity index (χ3n) is 6.52. The van der Waals surface area contributed by atoms with Gasteiger partial charge in [-0.15, -0.1) is 12.4 Å². The molecule has 1 aliphatic heterocycles. The fourth-order valence-corrected chi connectivity index (χ4v) is 4.84. The van der Waals surface area contributed by atoms with Gasteiger partial charge in [-0.05, 0) is 73.7 Å². The number of methoxy groups -OCH3 is 1. The molecule has 29 heavy (non-hydrogen) atoms. The molecule has 3 heteroatoms. The molecule has 0 N–H and O–H groups in total. The van der Waals surface area contributed by atoms with Gasteiger partial charge in [0.2, 0.25) is 0 Å². The zero-order chi connectivity index (χ0) is 19.4. The summed E-state index contributed by atoms with van der Waals surface area (Å²) < 4.78 is 5.54. The number of benzene rings is 2. The second-order valence-corrected chi connectivity index (χ2v) is 7.99. The molecule has 0 amide bonds. The maximum Gasteiger partial charge on any atom is 0.119 e. The Hall–Kier alpha value is -2.21. The zero-order valence-electron chi connectivity index (χ0n) is 17.4. The van der Waals surface area contributed by atoms with E-state index in [1.54, 1.807) is 7.11 Å². The lowest BCUT2D eigenvalue weighted by atomic mass is 9.59. The van der Waals surface area contributed by atoms with Gasteiger partial charge in [-0.3, -0.25) is 0 Å². The van der Waals surface area contributed by atoms with Gasteiger partial charge in [-0.1, -0.05) is 55.2 Å². The van der Waals surface area contributed by atoms with Crippen molar-refractivity contribution >= 4 is 12.4 Å². The van der Waals surface area contributed by atoms with Crippen LogP contribution in [-0.2, 0) is 5.41 Å². The molecule has 0 radical (unpaired) electrons. The molecular formula is C26H30ClNO. The summed E-state index contributed by atoms with van der Waals surface area (Å²) >= 11 is 0. The molecule has 0 unspecified atom stereocenters. The van der Waals surface area contributed by atoms with E-state index in [4.69, 9.17) is 4.74 Å². The molecule has 152 valence electrons. The van der Waals surface area contributed by atoms with Gasteiger partial charge in [0.1, 0.15) is 5.75 Å². The molecule has 0 saturated carbocycles. The quantitative estimate of drug-likeness (QED) is 0.625.